The molecule has 70 heavy (non-hydrogen) atoms. The molecule has 1 amide bonds. The molecule has 24 nitrogen and oxygen atoms in total. The van der Waals surface area contributed by atoms with Crippen LogP contribution in [0.4, 0.5) is 5.69 Å². The molecule has 3 aromatic rings. The van der Waals surface area contributed by atoms with Gasteiger partial charge >= 0.3 is 37.2 Å². The summed E-state index contributed by atoms with van der Waals surface area (Å²) in [5.41, 5.74) is 4.72. The highest BCUT2D eigenvalue weighted by Crippen LogP contribution is 2.67. The van der Waals surface area contributed by atoms with Gasteiger partial charge in [0.1, 0.15) is 17.3 Å². The summed E-state index contributed by atoms with van der Waals surface area (Å²) in [6, 6.07) is 11.0. The first-order valence-corrected chi connectivity index (χ1v) is 26.3. The maximum atomic E-state index is 15.2. The van der Waals surface area contributed by atoms with Crippen molar-refractivity contribution < 1.29 is 87.0 Å². The minimum absolute atomic E-state index is 0.0790. The second kappa shape index (κ2) is 19.3. The number of benzene rings is 2. The number of H-pyrrole nitrogens is 1. The number of anilines is 1. The molecule has 1 unspecified atom stereocenters. The van der Waals surface area contributed by atoms with E-state index in [-0.39, 0.29) is 12.0 Å². The molecule has 1 aliphatic carbocycles. The lowest BCUT2D eigenvalue weighted by atomic mass is 9.47. The topological polar surface area (TPSA) is 389 Å². The standard InChI is InChI=1S/C43H55N5O7.3H2O4S/c1-6-39(52)21-25-22-42(38(51)55-5,33-27(13-17-47(23-25)24-39)26-11-8-9-12-30(26)45-33)29-19-28-31(20-32(29)54-4)46(3)35-41(28)15-18-48-16-10-14-40(7-2,34(41)48)36(49)43(35,53)37(44)50;3*1-5(2,3)4/h8-12,14,19-20,25,34-36,45,49,52-53H,6-7,13,15-18,21-24H2,1-5H3,(H2,44,50);3*(H2,1,2,3,4)/t25-,34+,35-,36-,39+,40-,41-,42+,43+;;;/m1.../s1. The number of aromatic nitrogens is 1. The van der Waals surface area contributed by atoms with Crippen molar-refractivity contribution in [3.63, 3.8) is 0 Å². The second-order valence-corrected chi connectivity index (χ2v) is 21.5. The summed E-state index contributed by atoms with van der Waals surface area (Å²) in [6.07, 6.45) is 5.78. The smallest absolute Gasteiger partial charge is 0.394 e. The molecule has 9 rings (SSSR count). The fraction of sp³-hybridized carbons (Fsp3) is 0.581. The predicted octanol–water partition coefficient (Wildman–Crippen LogP) is 0.774. The Labute approximate surface area is 405 Å². The maximum Gasteiger partial charge on any atom is 0.394 e. The van der Waals surface area contributed by atoms with Gasteiger partial charge in [0.25, 0.3) is 5.91 Å². The van der Waals surface area contributed by atoms with E-state index in [1.807, 2.05) is 62.2 Å². The Morgan fingerprint density at radius 3 is 2.04 bits per heavy atom. The van der Waals surface area contributed by atoms with E-state index < -0.39 is 82.7 Å². The molecule has 3 fully saturated rings. The second-order valence-electron chi connectivity index (χ2n) is 18.8. The molecule has 2 bridgehead atoms. The SMILES string of the molecule is CC[C@]1(O)C[C@H]2CN(CCc3c([nH]c4ccccc34)[C@@](C(=O)OC)(c3cc4c(cc3OC)N(C)[C@H]3[C@@](O)(C(N)=O)[C@H](O)[C@]5(CC)C=CCN6CC[C@]43[C@@H]65)C2)C1.O=S(=O)(O)O.O=S(=O)(O)O.O=S(=O)(O)O. The van der Waals surface area contributed by atoms with Crippen LogP contribution >= 0.6 is 0 Å². The van der Waals surface area contributed by atoms with Crippen LogP contribution in [-0.4, -0.2) is 178 Å². The summed E-state index contributed by atoms with van der Waals surface area (Å²) in [5.74, 6) is -1.00. The number of fused-ring (bicyclic) bond motifs is 6. The van der Waals surface area contributed by atoms with Crippen LogP contribution in [0.2, 0.25) is 0 Å². The number of amides is 1. The van der Waals surface area contributed by atoms with E-state index in [1.165, 1.54) is 7.11 Å². The van der Waals surface area contributed by atoms with Gasteiger partial charge in [-0.1, -0.05) is 44.2 Å². The van der Waals surface area contributed by atoms with Crippen LogP contribution in [0.1, 0.15) is 68.3 Å². The van der Waals surface area contributed by atoms with Gasteiger partial charge in [-0.3, -0.25) is 46.7 Å². The monoisotopic (exact) mass is 1050 g/mol. The Bertz CT molecular complexity index is 2790. The van der Waals surface area contributed by atoms with Gasteiger partial charge in [-0.2, -0.15) is 25.3 Å². The zero-order valence-electron chi connectivity index (χ0n) is 39.0. The molecule has 1 saturated carbocycles. The number of nitrogens with two attached hydrogens (primary N) is 1. The first-order chi connectivity index (χ1) is 32.3. The van der Waals surface area contributed by atoms with E-state index >= 15 is 4.79 Å². The highest BCUT2D eigenvalue weighted by atomic mass is 32.3. The number of primary amides is 1. The largest absolute Gasteiger partial charge is 0.496 e. The number of aromatic amines is 1. The van der Waals surface area contributed by atoms with Crippen LogP contribution in [0.3, 0.4) is 0 Å². The van der Waals surface area contributed by atoms with Crippen LogP contribution in [0, 0.1) is 11.3 Å². The molecule has 5 aliphatic heterocycles. The van der Waals surface area contributed by atoms with E-state index in [9.17, 15) is 20.1 Å². The van der Waals surface area contributed by atoms with Crippen molar-refractivity contribution in [2.75, 3.05) is 58.9 Å². The average molecular weight is 1050 g/mol. The van der Waals surface area contributed by atoms with Crippen molar-refractivity contribution >= 4 is 59.7 Å². The summed E-state index contributed by atoms with van der Waals surface area (Å²) >= 11 is 0. The van der Waals surface area contributed by atoms with Gasteiger partial charge in [0.15, 0.2) is 5.60 Å². The first-order valence-electron chi connectivity index (χ1n) is 22.1. The van der Waals surface area contributed by atoms with Gasteiger partial charge in [0.05, 0.1) is 25.9 Å². The predicted molar refractivity (Wildman–Crippen MR) is 251 cm³/mol. The minimum atomic E-state index is -4.67. The van der Waals surface area contributed by atoms with E-state index in [0.29, 0.717) is 69.5 Å². The third kappa shape index (κ3) is 9.81. The molecular weight excluding hydrogens is 987 g/mol. The number of methoxy groups -OCH3 is 2. The first kappa shape index (κ1) is 55.0. The maximum absolute atomic E-state index is 15.2. The van der Waals surface area contributed by atoms with Gasteiger partial charge in [0.2, 0.25) is 0 Å². The molecule has 1 spiro atoms. The summed E-state index contributed by atoms with van der Waals surface area (Å²) in [4.78, 5) is 39.3. The van der Waals surface area contributed by atoms with Crippen LogP contribution < -0.4 is 15.4 Å². The number of para-hydroxylation sites is 1. The van der Waals surface area contributed by atoms with Crippen molar-refractivity contribution in [2.24, 2.45) is 17.1 Å². The molecule has 12 N–H and O–H groups in total. The van der Waals surface area contributed by atoms with E-state index in [1.54, 1.807) is 7.11 Å². The summed E-state index contributed by atoms with van der Waals surface area (Å²) in [6.45, 7) is 7.39. The number of nitrogens with zero attached hydrogens (tertiary/aromatic N) is 3. The van der Waals surface area contributed by atoms with Crippen molar-refractivity contribution in [3.05, 3.63) is 70.9 Å². The fourth-order valence-electron chi connectivity index (χ4n) is 13.1. The van der Waals surface area contributed by atoms with Crippen molar-refractivity contribution in [1.82, 2.24) is 14.8 Å². The number of hydrogen-bond donors (Lipinski definition) is 11. The number of nitrogens with one attached hydrogen (secondary N) is 1. The van der Waals surface area contributed by atoms with Crippen molar-refractivity contribution in [2.45, 2.75) is 92.6 Å². The number of aliphatic hydroxyl groups is 3. The molecule has 1 aromatic heterocycles. The Balaban J connectivity index is 0.000000470. The summed E-state index contributed by atoms with van der Waals surface area (Å²) < 4.78 is 107. The Hall–Kier alpha value is -4.33. The number of hydrogen-bond acceptors (Lipinski definition) is 16. The number of aliphatic hydroxyl groups excluding tert-OH is 1. The lowest BCUT2D eigenvalue weighted by Gasteiger charge is -2.63. The highest BCUT2D eigenvalue weighted by molar-refractivity contribution is 7.80. The Morgan fingerprint density at radius 2 is 1.49 bits per heavy atom. The van der Waals surface area contributed by atoms with Crippen LogP contribution in [0.5, 0.6) is 5.75 Å². The number of likely N-dealkylation sites (N-methyl/N-ethyl adjacent to an activating group) is 1. The number of rotatable bonds is 6. The summed E-state index contributed by atoms with van der Waals surface area (Å²) in [5, 5.41) is 38.0. The minimum Gasteiger partial charge on any atom is -0.496 e. The molecule has 2 aromatic carbocycles. The van der Waals surface area contributed by atoms with Crippen molar-refractivity contribution in [3.8, 4) is 5.75 Å². The van der Waals surface area contributed by atoms with Gasteiger partial charge in [-0.25, -0.2) is 0 Å². The van der Waals surface area contributed by atoms with Crippen molar-refractivity contribution in [1.29, 1.82) is 0 Å². The number of carbonyl (C=O) groups is 2. The van der Waals surface area contributed by atoms with E-state index in [2.05, 4.69) is 26.9 Å². The molecule has 390 valence electrons. The number of ether oxygens (including phenoxy) is 2. The normalized spacial score (nSPS) is 33.1. The molecular formula is C43H61N5O19S3. The fourth-order valence-corrected chi connectivity index (χ4v) is 13.1. The molecule has 10 atom stereocenters. The van der Waals surface area contributed by atoms with E-state index in [0.717, 1.165) is 46.5 Å². The average Bonchev–Trinajstić information content (AvgIpc) is 3.91. The molecule has 6 aliphatic rings. The van der Waals surface area contributed by atoms with Gasteiger partial charge in [-0.15, -0.1) is 0 Å². The third-order valence-corrected chi connectivity index (χ3v) is 15.2. The zero-order valence-corrected chi connectivity index (χ0v) is 41.4. The van der Waals surface area contributed by atoms with Crippen LogP contribution in [0.15, 0.2) is 48.6 Å². The number of carbonyl (C=O) groups excluding carboxylic acids is 2. The molecule has 0 radical (unpaired) electrons. The van der Waals surface area contributed by atoms with Crippen LogP contribution in [-0.2, 0) is 62.8 Å². The van der Waals surface area contributed by atoms with Gasteiger partial charge in [-0.05, 0) is 74.2 Å². The Kier molecular flexibility index (Phi) is 15.1. The van der Waals surface area contributed by atoms with E-state index in [4.69, 9.17) is 67.8 Å². The lowest BCUT2D eigenvalue weighted by molar-refractivity contribution is -0.201. The molecule has 6 heterocycles. The van der Waals surface area contributed by atoms with Crippen LogP contribution in [0.25, 0.3) is 10.9 Å². The van der Waals surface area contributed by atoms with Gasteiger partial charge < -0.3 is 40.4 Å². The summed E-state index contributed by atoms with van der Waals surface area (Å²) in [7, 11) is -9.11. The third-order valence-electron chi connectivity index (χ3n) is 15.2. The quantitative estimate of drug-likeness (QED) is 0.0923. The number of piperidine rings is 1. The zero-order chi connectivity index (χ0) is 52.4. The van der Waals surface area contributed by atoms with Gasteiger partial charge in [0, 0.05) is 84.0 Å². The Morgan fingerprint density at radius 1 is 0.871 bits per heavy atom. The molecule has 27 heteroatoms. The molecule has 2 saturated heterocycles. The lowest BCUT2D eigenvalue weighted by Crippen LogP contribution is -2.81. The number of esters is 1. The highest BCUT2D eigenvalue weighted by Gasteiger charge is 2.78.